The van der Waals surface area contributed by atoms with Crippen molar-refractivity contribution < 1.29 is 31.1 Å². The summed E-state index contributed by atoms with van der Waals surface area (Å²) >= 11 is 0. The van der Waals surface area contributed by atoms with Crippen molar-refractivity contribution in [2.75, 3.05) is 46.8 Å². The van der Waals surface area contributed by atoms with Crippen LogP contribution in [0.3, 0.4) is 0 Å². The van der Waals surface area contributed by atoms with Gasteiger partial charge in [0.25, 0.3) is 0 Å². The molecule has 0 aromatic heterocycles. The Bertz CT molecular complexity index is 1360. The quantitative estimate of drug-likeness (QED) is 0.160. The van der Waals surface area contributed by atoms with Crippen LogP contribution < -0.4 is 0 Å². The van der Waals surface area contributed by atoms with Gasteiger partial charge in [-0.15, -0.1) is 0 Å². The smallest absolute Gasteiger partial charge is 0.344 e. The lowest BCUT2D eigenvalue weighted by Crippen LogP contribution is -2.57. The highest BCUT2D eigenvalue weighted by atomic mass is 19.4. The van der Waals surface area contributed by atoms with Gasteiger partial charge in [0, 0.05) is 52.9 Å². The summed E-state index contributed by atoms with van der Waals surface area (Å²) in [6, 6.07) is 11.1. The molecule has 5 rings (SSSR count). The van der Waals surface area contributed by atoms with Crippen molar-refractivity contribution in [3.05, 3.63) is 70.8 Å². The van der Waals surface area contributed by atoms with Crippen LogP contribution in [0.15, 0.2) is 53.5 Å². The van der Waals surface area contributed by atoms with Crippen LogP contribution in [0.25, 0.3) is 0 Å². The van der Waals surface area contributed by atoms with Crippen LogP contribution in [0, 0.1) is 0 Å². The molecule has 1 unspecified atom stereocenters. The first-order valence-corrected chi connectivity index (χ1v) is 17.7. The molecule has 3 fully saturated rings. The van der Waals surface area contributed by atoms with Crippen LogP contribution >= 0.6 is 0 Å². The minimum Gasteiger partial charge on any atom is -0.344 e. The summed E-state index contributed by atoms with van der Waals surface area (Å²) in [5.74, 6) is 0.801. The van der Waals surface area contributed by atoms with Crippen molar-refractivity contribution in [2.45, 2.75) is 101 Å². The van der Waals surface area contributed by atoms with E-state index < -0.39 is 29.5 Å². The van der Waals surface area contributed by atoms with Crippen LogP contribution in [0.1, 0.15) is 92.5 Å². The van der Waals surface area contributed by atoms with E-state index in [-0.39, 0.29) is 30.5 Å². The van der Waals surface area contributed by atoms with E-state index in [4.69, 9.17) is 4.99 Å². The molecule has 2 saturated carbocycles. The predicted octanol–water partition coefficient (Wildman–Crippen LogP) is 8.04. The molecule has 0 N–H and O–H groups in total. The van der Waals surface area contributed by atoms with E-state index >= 15 is 0 Å². The Morgan fingerprint density at radius 1 is 0.796 bits per heavy atom. The third-order valence-electron chi connectivity index (χ3n) is 10.4. The van der Waals surface area contributed by atoms with Crippen molar-refractivity contribution >= 4 is 11.9 Å². The van der Waals surface area contributed by atoms with Gasteiger partial charge in [0.1, 0.15) is 6.04 Å². The molecule has 0 radical (unpaired) electrons. The zero-order valence-corrected chi connectivity index (χ0v) is 28.6. The number of piperazine rings is 1. The van der Waals surface area contributed by atoms with Gasteiger partial charge in [-0.3, -0.25) is 9.69 Å². The minimum absolute atomic E-state index is 0.0366. The average Bonchev–Trinajstić information content (AvgIpc) is 3.10. The molecule has 1 amide bonds. The van der Waals surface area contributed by atoms with Crippen LogP contribution in [-0.2, 0) is 23.6 Å². The summed E-state index contributed by atoms with van der Waals surface area (Å²) in [6.45, 7) is 2.54. The SMILES string of the molecule is CN(CCc1cc(C(F)(F)F)cc(C(F)(F)F)c1)C(=O)C(c1ccccc1)N1CCN(C(=NC2CCCCC2)N(C)C2CCCCC2)CC1. The Morgan fingerprint density at radius 3 is 1.90 bits per heavy atom. The van der Waals surface area contributed by atoms with E-state index in [1.54, 1.807) is 7.05 Å². The number of benzene rings is 2. The van der Waals surface area contributed by atoms with Gasteiger partial charge in [-0.2, -0.15) is 26.3 Å². The zero-order valence-electron chi connectivity index (χ0n) is 28.6. The normalized spacial score (nSPS) is 19.9. The average molecular weight is 694 g/mol. The Labute approximate surface area is 286 Å². The van der Waals surface area contributed by atoms with Crippen molar-refractivity contribution in [3.8, 4) is 0 Å². The van der Waals surface area contributed by atoms with Gasteiger partial charge in [0.05, 0.1) is 17.2 Å². The molecule has 6 nitrogen and oxygen atoms in total. The van der Waals surface area contributed by atoms with Gasteiger partial charge >= 0.3 is 12.4 Å². The molecule has 3 aliphatic rings. The highest BCUT2D eigenvalue weighted by Crippen LogP contribution is 2.37. The molecular formula is C37H49F6N5O. The monoisotopic (exact) mass is 693 g/mol. The first kappa shape index (κ1) is 37.0. The van der Waals surface area contributed by atoms with Crippen molar-refractivity contribution in [3.63, 3.8) is 0 Å². The minimum atomic E-state index is -4.93. The fraction of sp³-hybridized carbons (Fsp3) is 0.622. The molecule has 49 heavy (non-hydrogen) atoms. The summed E-state index contributed by atoms with van der Waals surface area (Å²) < 4.78 is 80.7. The number of amides is 1. The number of likely N-dealkylation sites (N-methyl/N-ethyl adjacent to an activating group) is 1. The van der Waals surface area contributed by atoms with E-state index in [0.717, 1.165) is 49.3 Å². The Balaban J connectivity index is 1.31. The van der Waals surface area contributed by atoms with Crippen molar-refractivity contribution in [1.82, 2.24) is 19.6 Å². The second kappa shape index (κ2) is 16.2. The number of nitrogens with zero attached hydrogens (tertiary/aromatic N) is 5. The molecule has 2 aromatic rings. The molecule has 1 saturated heterocycles. The van der Waals surface area contributed by atoms with Gasteiger partial charge in [-0.1, -0.05) is 68.9 Å². The maximum atomic E-state index is 14.1. The molecule has 0 bridgehead atoms. The Kier molecular flexibility index (Phi) is 12.2. The fourth-order valence-corrected chi connectivity index (χ4v) is 7.51. The van der Waals surface area contributed by atoms with E-state index in [1.165, 1.54) is 43.4 Å². The van der Waals surface area contributed by atoms with Crippen LogP contribution in [0.4, 0.5) is 26.3 Å². The second-order valence-electron chi connectivity index (χ2n) is 13.9. The van der Waals surface area contributed by atoms with Crippen molar-refractivity contribution in [2.24, 2.45) is 4.99 Å². The first-order chi connectivity index (χ1) is 23.3. The molecule has 1 heterocycles. The van der Waals surface area contributed by atoms with Crippen LogP contribution in [0.5, 0.6) is 0 Å². The number of carbonyl (C=O) groups excluding carboxylic acids is 1. The molecule has 1 atom stereocenters. The maximum absolute atomic E-state index is 14.1. The highest BCUT2D eigenvalue weighted by molar-refractivity contribution is 5.83. The standard InChI is InChI=1S/C37H49F6N5O/c1-45(19-18-27-24-29(36(38,39)40)26-30(25-27)37(41,42)43)34(49)33(28-12-6-3-7-13-28)47-20-22-48(23-21-47)35(44-31-14-8-4-9-15-31)46(2)32-16-10-5-11-17-32/h3,6-7,12-13,24-26,31-33H,4-5,8-11,14-23H2,1-2H3. The third kappa shape index (κ3) is 9.70. The topological polar surface area (TPSA) is 42.4 Å². The molecule has 1 aliphatic heterocycles. The van der Waals surface area contributed by atoms with Gasteiger partial charge in [0.15, 0.2) is 5.96 Å². The second-order valence-corrected chi connectivity index (χ2v) is 13.9. The van der Waals surface area contributed by atoms with Gasteiger partial charge in [0.2, 0.25) is 5.91 Å². The largest absolute Gasteiger partial charge is 0.416 e. The zero-order chi connectivity index (χ0) is 35.2. The molecule has 270 valence electrons. The van der Waals surface area contributed by atoms with E-state index in [1.807, 2.05) is 30.3 Å². The maximum Gasteiger partial charge on any atom is 0.416 e. The summed E-state index contributed by atoms with van der Waals surface area (Å²) in [4.78, 5) is 27.8. The van der Waals surface area contributed by atoms with Gasteiger partial charge in [-0.25, -0.2) is 4.99 Å². The third-order valence-corrected chi connectivity index (χ3v) is 10.4. The van der Waals surface area contributed by atoms with Gasteiger partial charge < -0.3 is 14.7 Å². The number of guanidine groups is 1. The van der Waals surface area contributed by atoms with Crippen LogP contribution in [-0.4, -0.2) is 90.4 Å². The lowest BCUT2D eigenvalue weighted by molar-refractivity contribution is -0.143. The van der Waals surface area contributed by atoms with Gasteiger partial charge in [-0.05, 0) is 61.4 Å². The highest BCUT2D eigenvalue weighted by Gasteiger charge is 2.38. The van der Waals surface area contributed by atoms with E-state index in [9.17, 15) is 31.1 Å². The number of hydrogen-bond donors (Lipinski definition) is 0. The molecule has 2 aliphatic carbocycles. The summed E-state index contributed by atoms with van der Waals surface area (Å²) in [5.41, 5.74) is -2.04. The van der Waals surface area contributed by atoms with Crippen molar-refractivity contribution in [1.29, 1.82) is 0 Å². The number of aliphatic imine (C=N–C) groups is 1. The summed E-state index contributed by atoms with van der Waals surface area (Å²) in [7, 11) is 3.73. The Hall–Kier alpha value is -3.28. The number of halogens is 6. The van der Waals surface area contributed by atoms with E-state index in [2.05, 4.69) is 21.7 Å². The Morgan fingerprint density at radius 2 is 1.35 bits per heavy atom. The predicted molar refractivity (Wildman–Crippen MR) is 179 cm³/mol. The number of hydrogen-bond acceptors (Lipinski definition) is 3. The summed E-state index contributed by atoms with van der Waals surface area (Å²) in [6.07, 6.45) is 1.93. The summed E-state index contributed by atoms with van der Waals surface area (Å²) in [5, 5.41) is 0. The lowest BCUT2D eigenvalue weighted by atomic mass is 9.94. The number of carbonyl (C=O) groups is 1. The first-order valence-electron chi connectivity index (χ1n) is 17.7. The van der Waals surface area contributed by atoms with Crippen LogP contribution in [0.2, 0.25) is 0 Å². The fourth-order valence-electron chi connectivity index (χ4n) is 7.51. The number of rotatable bonds is 8. The number of alkyl halides is 6. The van der Waals surface area contributed by atoms with E-state index in [0.29, 0.717) is 38.3 Å². The molecule has 2 aromatic carbocycles. The molecule has 12 heteroatoms. The molecular weight excluding hydrogens is 644 g/mol. The lowest BCUT2D eigenvalue weighted by Gasteiger charge is -2.44. The molecule has 0 spiro atoms.